The molecule has 0 bridgehead atoms. The molecule has 160 valence electrons. The largest absolute Gasteiger partial charge is 0.496 e. The SMILES string of the molecule is CCOc1ccc(C(=O)N2CCCN(C(=O)c3c(OC)cccc3OC)CC2)cc1. The summed E-state index contributed by atoms with van der Waals surface area (Å²) in [6.07, 6.45) is 0.700. The molecule has 7 heteroatoms. The molecule has 1 heterocycles. The summed E-state index contributed by atoms with van der Waals surface area (Å²) in [5, 5.41) is 0. The van der Waals surface area contributed by atoms with Crippen LogP contribution in [0.3, 0.4) is 0 Å². The van der Waals surface area contributed by atoms with Gasteiger partial charge < -0.3 is 24.0 Å². The van der Waals surface area contributed by atoms with Gasteiger partial charge >= 0.3 is 0 Å². The third-order valence-corrected chi connectivity index (χ3v) is 5.12. The number of carbonyl (C=O) groups is 2. The highest BCUT2D eigenvalue weighted by molar-refractivity contribution is 6.00. The normalized spacial score (nSPS) is 14.1. The number of benzene rings is 2. The van der Waals surface area contributed by atoms with E-state index in [0.717, 1.165) is 5.75 Å². The molecule has 1 saturated heterocycles. The van der Waals surface area contributed by atoms with E-state index in [1.54, 1.807) is 52.3 Å². The zero-order valence-corrected chi connectivity index (χ0v) is 17.7. The van der Waals surface area contributed by atoms with Crippen LogP contribution in [0, 0.1) is 0 Å². The highest BCUT2D eigenvalue weighted by Gasteiger charge is 2.27. The van der Waals surface area contributed by atoms with Gasteiger partial charge in [0.15, 0.2) is 0 Å². The van der Waals surface area contributed by atoms with Crippen molar-refractivity contribution in [2.45, 2.75) is 13.3 Å². The summed E-state index contributed by atoms with van der Waals surface area (Å²) in [6, 6.07) is 12.4. The van der Waals surface area contributed by atoms with Crippen molar-refractivity contribution in [2.75, 3.05) is 47.0 Å². The van der Waals surface area contributed by atoms with Gasteiger partial charge in [0.25, 0.3) is 11.8 Å². The Morgan fingerprint density at radius 1 is 0.833 bits per heavy atom. The van der Waals surface area contributed by atoms with Gasteiger partial charge in [-0.3, -0.25) is 9.59 Å². The van der Waals surface area contributed by atoms with Crippen molar-refractivity contribution >= 4 is 11.8 Å². The molecule has 1 aliphatic rings. The van der Waals surface area contributed by atoms with Crippen molar-refractivity contribution in [1.82, 2.24) is 9.80 Å². The second-order valence-electron chi connectivity index (χ2n) is 6.93. The molecule has 1 fully saturated rings. The Bertz CT molecular complexity index is 859. The van der Waals surface area contributed by atoms with Crippen molar-refractivity contribution in [2.24, 2.45) is 0 Å². The average Bonchev–Trinajstić information content (AvgIpc) is 3.04. The van der Waals surface area contributed by atoms with Crippen molar-refractivity contribution in [3.05, 3.63) is 53.6 Å². The molecule has 0 saturated carbocycles. The second-order valence-corrected chi connectivity index (χ2v) is 6.93. The molecule has 2 amide bonds. The molecular weight excluding hydrogens is 384 g/mol. The van der Waals surface area contributed by atoms with Gasteiger partial charge in [-0.1, -0.05) is 6.07 Å². The maximum atomic E-state index is 13.2. The highest BCUT2D eigenvalue weighted by Crippen LogP contribution is 2.30. The molecule has 0 aromatic heterocycles. The van der Waals surface area contributed by atoms with E-state index in [1.165, 1.54) is 14.2 Å². The number of rotatable bonds is 6. The number of methoxy groups -OCH3 is 2. The molecule has 1 aliphatic heterocycles. The number of hydrogen-bond donors (Lipinski definition) is 0. The van der Waals surface area contributed by atoms with E-state index in [0.29, 0.717) is 61.8 Å². The van der Waals surface area contributed by atoms with E-state index in [4.69, 9.17) is 14.2 Å². The monoisotopic (exact) mass is 412 g/mol. The van der Waals surface area contributed by atoms with E-state index in [2.05, 4.69) is 0 Å². The van der Waals surface area contributed by atoms with Gasteiger partial charge in [-0.25, -0.2) is 0 Å². The molecule has 3 rings (SSSR count). The molecular formula is C23H28N2O5. The third-order valence-electron chi connectivity index (χ3n) is 5.12. The van der Waals surface area contributed by atoms with Crippen LogP contribution in [0.5, 0.6) is 17.2 Å². The van der Waals surface area contributed by atoms with Crippen LogP contribution in [0.2, 0.25) is 0 Å². The van der Waals surface area contributed by atoms with Gasteiger partial charge in [-0.05, 0) is 49.7 Å². The zero-order valence-electron chi connectivity index (χ0n) is 17.7. The first-order valence-corrected chi connectivity index (χ1v) is 10.1. The summed E-state index contributed by atoms with van der Waals surface area (Å²) < 4.78 is 16.2. The Morgan fingerprint density at radius 3 is 1.93 bits per heavy atom. The number of ether oxygens (including phenoxy) is 3. The molecule has 30 heavy (non-hydrogen) atoms. The second kappa shape index (κ2) is 10.0. The first kappa shape index (κ1) is 21.5. The van der Waals surface area contributed by atoms with Crippen LogP contribution in [0.15, 0.2) is 42.5 Å². The summed E-state index contributed by atoms with van der Waals surface area (Å²) in [5.74, 6) is 1.51. The minimum atomic E-state index is -0.153. The lowest BCUT2D eigenvalue weighted by molar-refractivity contribution is 0.0715. The molecule has 7 nitrogen and oxygen atoms in total. The van der Waals surface area contributed by atoms with Crippen LogP contribution in [0.4, 0.5) is 0 Å². The first-order valence-electron chi connectivity index (χ1n) is 10.1. The molecule has 0 radical (unpaired) electrons. The lowest BCUT2D eigenvalue weighted by Gasteiger charge is -2.23. The average molecular weight is 412 g/mol. The van der Waals surface area contributed by atoms with Crippen LogP contribution in [-0.4, -0.2) is 68.6 Å². The Hall–Kier alpha value is -3.22. The van der Waals surface area contributed by atoms with Gasteiger partial charge in [0.1, 0.15) is 22.8 Å². The smallest absolute Gasteiger partial charge is 0.261 e. The summed E-state index contributed by atoms with van der Waals surface area (Å²) in [5.41, 5.74) is 1.03. The topological polar surface area (TPSA) is 68.3 Å². The van der Waals surface area contributed by atoms with Crippen LogP contribution >= 0.6 is 0 Å². The highest BCUT2D eigenvalue weighted by atomic mass is 16.5. The fraction of sp³-hybridized carbons (Fsp3) is 0.391. The van der Waals surface area contributed by atoms with Crippen molar-refractivity contribution in [3.8, 4) is 17.2 Å². The number of amides is 2. The minimum Gasteiger partial charge on any atom is -0.496 e. The number of hydrogen-bond acceptors (Lipinski definition) is 5. The summed E-state index contributed by atoms with van der Waals surface area (Å²) in [7, 11) is 3.07. The lowest BCUT2D eigenvalue weighted by atomic mass is 10.1. The van der Waals surface area contributed by atoms with Gasteiger partial charge in [-0.15, -0.1) is 0 Å². The minimum absolute atomic E-state index is 0.0396. The van der Waals surface area contributed by atoms with E-state index < -0.39 is 0 Å². The van der Waals surface area contributed by atoms with Crippen LogP contribution in [0.1, 0.15) is 34.1 Å². The van der Waals surface area contributed by atoms with E-state index >= 15 is 0 Å². The fourth-order valence-corrected chi connectivity index (χ4v) is 3.59. The summed E-state index contributed by atoms with van der Waals surface area (Å²) >= 11 is 0. The summed E-state index contributed by atoms with van der Waals surface area (Å²) in [6.45, 7) is 4.58. The molecule has 0 unspecified atom stereocenters. The molecule has 0 N–H and O–H groups in total. The van der Waals surface area contributed by atoms with Crippen LogP contribution in [-0.2, 0) is 0 Å². The Labute approximate surface area is 177 Å². The number of nitrogens with zero attached hydrogens (tertiary/aromatic N) is 2. The molecule has 0 atom stereocenters. The molecule has 2 aromatic carbocycles. The van der Waals surface area contributed by atoms with E-state index in [9.17, 15) is 9.59 Å². The van der Waals surface area contributed by atoms with Crippen molar-refractivity contribution < 1.29 is 23.8 Å². The number of carbonyl (C=O) groups excluding carboxylic acids is 2. The third kappa shape index (κ3) is 4.67. The Morgan fingerprint density at radius 2 is 1.40 bits per heavy atom. The van der Waals surface area contributed by atoms with E-state index in [1.807, 2.05) is 6.92 Å². The maximum Gasteiger partial charge on any atom is 0.261 e. The summed E-state index contributed by atoms with van der Waals surface area (Å²) in [4.78, 5) is 29.7. The van der Waals surface area contributed by atoms with Crippen LogP contribution in [0.25, 0.3) is 0 Å². The standard InChI is InChI=1S/C23H28N2O5/c1-4-30-18-11-9-17(10-12-18)22(26)24-13-6-14-25(16-15-24)23(27)21-19(28-2)7-5-8-20(21)29-3/h5,7-12H,4,6,13-16H2,1-3H3. The Balaban J connectivity index is 1.70. The van der Waals surface area contributed by atoms with Gasteiger partial charge in [0.05, 0.1) is 20.8 Å². The fourth-order valence-electron chi connectivity index (χ4n) is 3.59. The van der Waals surface area contributed by atoms with Gasteiger partial charge in [0.2, 0.25) is 0 Å². The Kier molecular flexibility index (Phi) is 7.17. The quantitative estimate of drug-likeness (QED) is 0.729. The molecule has 0 spiro atoms. The van der Waals surface area contributed by atoms with Crippen molar-refractivity contribution in [3.63, 3.8) is 0 Å². The zero-order chi connectivity index (χ0) is 21.5. The van der Waals surface area contributed by atoms with Gasteiger partial charge in [0, 0.05) is 31.7 Å². The predicted molar refractivity (Wildman–Crippen MR) is 114 cm³/mol. The lowest BCUT2D eigenvalue weighted by Crippen LogP contribution is -2.37. The van der Waals surface area contributed by atoms with Crippen molar-refractivity contribution in [1.29, 1.82) is 0 Å². The van der Waals surface area contributed by atoms with Gasteiger partial charge in [-0.2, -0.15) is 0 Å². The first-order chi connectivity index (χ1) is 14.6. The molecule has 2 aromatic rings. The van der Waals surface area contributed by atoms with E-state index in [-0.39, 0.29) is 11.8 Å². The maximum absolute atomic E-state index is 13.2. The predicted octanol–water partition coefficient (Wildman–Crippen LogP) is 3.09. The molecule has 0 aliphatic carbocycles. The van der Waals surface area contributed by atoms with Crippen LogP contribution < -0.4 is 14.2 Å².